The molecule has 96 valence electrons. The van der Waals surface area contributed by atoms with Gasteiger partial charge in [-0.25, -0.2) is 0 Å². The summed E-state index contributed by atoms with van der Waals surface area (Å²) >= 11 is 0. The first-order valence-corrected chi connectivity index (χ1v) is 6.49. The minimum atomic E-state index is 0.233. The lowest BCUT2D eigenvalue weighted by molar-refractivity contribution is 0.418. The highest BCUT2D eigenvalue weighted by molar-refractivity contribution is 5.20. The summed E-state index contributed by atoms with van der Waals surface area (Å²) < 4.78 is 0. The van der Waals surface area contributed by atoms with Gasteiger partial charge in [0.25, 0.3) is 0 Å². The van der Waals surface area contributed by atoms with Crippen molar-refractivity contribution in [1.29, 1.82) is 0 Å². The molecule has 17 heavy (non-hydrogen) atoms. The first-order valence-electron chi connectivity index (χ1n) is 6.49. The van der Waals surface area contributed by atoms with Crippen LogP contribution >= 0.6 is 0 Å². The number of benzene rings is 1. The van der Waals surface area contributed by atoms with Crippen molar-refractivity contribution >= 4 is 0 Å². The van der Waals surface area contributed by atoms with Gasteiger partial charge >= 0.3 is 0 Å². The maximum Gasteiger partial charge on any atom is 0.0205 e. The van der Waals surface area contributed by atoms with Gasteiger partial charge in [0.1, 0.15) is 0 Å². The molecule has 2 nitrogen and oxygen atoms in total. The van der Waals surface area contributed by atoms with Crippen molar-refractivity contribution in [1.82, 2.24) is 10.6 Å². The molecule has 0 aliphatic rings. The van der Waals surface area contributed by atoms with Crippen LogP contribution in [-0.4, -0.2) is 18.6 Å². The molecule has 0 unspecified atom stereocenters. The Bertz CT molecular complexity index is 309. The van der Waals surface area contributed by atoms with E-state index < -0.39 is 0 Å². The molecule has 1 aromatic carbocycles. The molecule has 0 radical (unpaired) electrons. The number of rotatable bonds is 6. The Kier molecular flexibility index (Phi) is 5.66. The molecular weight excluding hydrogens is 208 g/mol. The fourth-order valence-electron chi connectivity index (χ4n) is 1.62. The largest absolute Gasteiger partial charge is 0.313 e. The molecule has 0 amide bonds. The van der Waals surface area contributed by atoms with Gasteiger partial charge in [-0.3, -0.25) is 0 Å². The van der Waals surface area contributed by atoms with Crippen LogP contribution in [0.25, 0.3) is 0 Å². The van der Waals surface area contributed by atoms with E-state index in [1.807, 2.05) is 0 Å². The molecule has 0 atom stereocenters. The monoisotopic (exact) mass is 234 g/mol. The third-order valence-electron chi connectivity index (χ3n) is 2.64. The van der Waals surface area contributed by atoms with Crippen molar-refractivity contribution in [2.24, 2.45) is 0 Å². The predicted octanol–water partition coefficient (Wildman–Crippen LogP) is 2.86. The standard InChI is InChI=1S/C15H26N2/c1-13-6-8-14(9-7-13)12-16-10-5-11-17-15(2,3)4/h6-9,16-17H,5,10-12H2,1-4H3. The van der Waals surface area contributed by atoms with Crippen molar-refractivity contribution in [3.05, 3.63) is 35.4 Å². The predicted molar refractivity (Wildman–Crippen MR) is 75.3 cm³/mol. The lowest BCUT2D eigenvalue weighted by atomic mass is 10.1. The Balaban J connectivity index is 2.07. The fourth-order valence-corrected chi connectivity index (χ4v) is 1.62. The molecule has 0 saturated carbocycles. The lowest BCUT2D eigenvalue weighted by Gasteiger charge is -2.20. The molecule has 2 heteroatoms. The van der Waals surface area contributed by atoms with Gasteiger partial charge in [0.2, 0.25) is 0 Å². The van der Waals surface area contributed by atoms with Crippen LogP contribution in [0.15, 0.2) is 24.3 Å². The second-order valence-corrected chi connectivity index (χ2v) is 5.69. The number of hydrogen-bond acceptors (Lipinski definition) is 2. The Labute approximate surface area is 106 Å². The van der Waals surface area contributed by atoms with Crippen molar-refractivity contribution in [3.8, 4) is 0 Å². The normalized spacial score (nSPS) is 11.8. The van der Waals surface area contributed by atoms with Gasteiger partial charge < -0.3 is 10.6 Å². The summed E-state index contributed by atoms with van der Waals surface area (Å²) in [6.07, 6.45) is 1.17. The van der Waals surface area contributed by atoms with E-state index in [2.05, 4.69) is 62.6 Å². The van der Waals surface area contributed by atoms with E-state index in [0.717, 1.165) is 19.6 Å². The van der Waals surface area contributed by atoms with Gasteiger partial charge in [0, 0.05) is 12.1 Å². The minimum Gasteiger partial charge on any atom is -0.313 e. The van der Waals surface area contributed by atoms with Gasteiger partial charge in [0.05, 0.1) is 0 Å². The summed E-state index contributed by atoms with van der Waals surface area (Å²) in [6.45, 7) is 11.8. The Morgan fingerprint density at radius 2 is 1.65 bits per heavy atom. The average Bonchev–Trinajstić information content (AvgIpc) is 2.24. The number of aryl methyl sites for hydroxylation is 1. The summed E-state index contributed by atoms with van der Waals surface area (Å²) in [7, 11) is 0. The zero-order valence-electron chi connectivity index (χ0n) is 11.6. The molecule has 0 bridgehead atoms. The van der Waals surface area contributed by atoms with E-state index in [-0.39, 0.29) is 5.54 Å². The maximum absolute atomic E-state index is 3.49. The lowest BCUT2D eigenvalue weighted by Crippen LogP contribution is -2.37. The van der Waals surface area contributed by atoms with Crippen LogP contribution in [0.3, 0.4) is 0 Å². The quantitative estimate of drug-likeness (QED) is 0.740. The molecule has 0 spiro atoms. The molecule has 1 aromatic rings. The molecule has 0 aromatic heterocycles. The van der Waals surface area contributed by atoms with E-state index in [1.165, 1.54) is 17.5 Å². The van der Waals surface area contributed by atoms with E-state index in [0.29, 0.717) is 0 Å². The summed E-state index contributed by atoms with van der Waals surface area (Å²) in [6, 6.07) is 8.71. The summed E-state index contributed by atoms with van der Waals surface area (Å²) in [5, 5.41) is 6.96. The van der Waals surface area contributed by atoms with Crippen molar-refractivity contribution < 1.29 is 0 Å². The smallest absolute Gasteiger partial charge is 0.0205 e. The topological polar surface area (TPSA) is 24.1 Å². The van der Waals surface area contributed by atoms with Gasteiger partial charge in [-0.1, -0.05) is 29.8 Å². The molecular formula is C15H26N2. The van der Waals surface area contributed by atoms with Crippen LogP contribution in [0.5, 0.6) is 0 Å². The molecule has 0 aliphatic carbocycles. The zero-order chi connectivity index (χ0) is 12.7. The van der Waals surface area contributed by atoms with Crippen LogP contribution in [0.4, 0.5) is 0 Å². The fraction of sp³-hybridized carbons (Fsp3) is 0.600. The third-order valence-corrected chi connectivity index (χ3v) is 2.64. The maximum atomic E-state index is 3.49. The molecule has 0 heterocycles. The van der Waals surface area contributed by atoms with Crippen molar-refractivity contribution in [2.75, 3.05) is 13.1 Å². The zero-order valence-corrected chi connectivity index (χ0v) is 11.6. The van der Waals surface area contributed by atoms with E-state index in [4.69, 9.17) is 0 Å². The second kappa shape index (κ2) is 6.77. The van der Waals surface area contributed by atoms with Crippen LogP contribution in [0.2, 0.25) is 0 Å². The van der Waals surface area contributed by atoms with E-state index in [1.54, 1.807) is 0 Å². The third kappa shape index (κ3) is 7.14. The molecule has 0 aliphatic heterocycles. The summed E-state index contributed by atoms with van der Waals surface area (Å²) in [5.74, 6) is 0. The molecule has 2 N–H and O–H groups in total. The minimum absolute atomic E-state index is 0.233. The average molecular weight is 234 g/mol. The molecule has 0 fully saturated rings. The summed E-state index contributed by atoms with van der Waals surface area (Å²) in [5.41, 5.74) is 2.92. The van der Waals surface area contributed by atoms with Gasteiger partial charge in [-0.15, -0.1) is 0 Å². The van der Waals surface area contributed by atoms with Crippen molar-refractivity contribution in [3.63, 3.8) is 0 Å². The van der Waals surface area contributed by atoms with Crippen LogP contribution in [0, 0.1) is 6.92 Å². The Morgan fingerprint density at radius 1 is 1.00 bits per heavy atom. The molecule has 1 rings (SSSR count). The molecule has 0 saturated heterocycles. The SMILES string of the molecule is Cc1ccc(CNCCCNC(C)(C)C)cc1. The Morgan fingerprint density at radius 3 is 2.24 bits per heavy atom. The van der Waals surface area contributed by atoms with Crippen LogP contribution < -0.4 is 10.6 Å². The summed E-state index contributed by atoms with van der Waals surface area (Å²) in [4.78, 5) is 0. The van der Waals surface area contributed by atoms with E-state index in [9.17, 15) is 0 Å². The van der Waals surface area contributed by atoms with Crippen LogP contribution in [-0.2, 0) is 6.54 Å². The number of hydrogen-bond donors (Lipinski definition) is 2. The first-order chi connectivity index (χ1) is 7.97. The number of nitrogens with one attached hydrogen (secondary N) is 2. The highest BCUT2D eigenvalue weighted by atomic mass is 14.9. The van der Waals surface area contributed by atoms with Crippen LogP contribution in [0.1, 0.15) is 38.3 Å². The highest BCUT2D eigenvalue weighted by Gasteiger charge is 2.06. The highest BCUT2D eigenvalue weighted by Crippen LogP contribution is 2.02. The van der Waals surface area contributed by atoms with E-state index >= 15 is 0 Å². The second-order valence-electron chi connectivity index (χ2n) is 5.69. The van der Waals surface area contributed by atoms with Gasteiger partial charge in [-0.05, 0) is 52.8 Å². The van der Waals surface area contributed by atoms with Gasteiger partial charge in [0.15, 0.2) is 0 Å². The van der Waals surface area contributed by atoms with Crippen molar-refractivity contribution in [2.45, 2.75) is 46.2 Å². The van der Waals surface area contributed by atoms with Gasteiger partial charge in [-0.2, -0.15) is 0 Å². The Hall–Kier alpha value is -0.860. The first kappa shape index (κ1) is 14.2.